The highest BCUT2D eigenvalue weighted by Crippen LogP contribution is 2.14. The molecule has 84 valence electrons. The Bertz CT molecular complexity index is 317. The summed E-state index contributed by atoms with van der Waals surface area (Å²) in [5, 5.41) is 7.78. The second-order valence-electron chi connectivity index (χ2n) is 3.94. The van der Waals surface area contributed by atoms with Crippen molar-refractivity contribution >= 4 is 15.9 Å². The summed E-state index contributed by atoms with van der Waals surface area (Å²) in [6.45, 7) is 5.65. The molecule has 0 spiro atoms. The van der Waals surface area contributed by atoms with Crippen LogP contribution in [0, 0.1) is 0 Å². The summed E-state index contributed by atoms with van der Waals surface area (Å²) in [6.07, 6.45) is 3.04. The van der Waals surface area contributed by atoms with Gasteiger partial charge in [0.2, 0.25) is 0 Å². The Morgan fingerprint density at radius 1 is 1.47 bits per heavy atom. The maximum atomic E-state index is 4.42. The molecule has 1 fully saturated rings. The van der Waals surface area contributed by atoms with Crippen LogP contribution in [0.25, 0.3) is 0 Å². The van der Waals surface area contributed by atoms with Gasteiger partial charge in [0.05, 0.1) is 10.2 Å². The van der Waals surface area contributed by atoms with Gasteiger partial charge < -0.3 is 10.2 Å². The van der Waals surface area contributed by atoms with Gasteiger partial charge in [-0.25, -0.2) is 0 Å². The third-order valence-corrected chi connectivity index (χ3v) is 3.39. The van der Waals surface area contributed by atoms with Gasteiger partial charge in [-0.1, -0.05) is 0 Å². The van der Waals surface area contributed by atoms with E-state index in [-0.39, 0.29) is 0 Å². The molecule has 0 unspecified atom stereocenters. The SMILES string of the molecule is Cn1cc(Br)c(CCN2CCNCC2)n1. The molecule has 0 saturated carbocycles. The molecule has 0 atom stereocenters. The van der Waals surface area contributed by atoms with Crippen LogP contribution in [0.15, 0.2) is 10.7 Å². The first-order chi connectivity index (χ1) is 7.25. The van der Waals surface area contributed by atoms with Crippen LogP contribution in [-0.2, 0) is 13.5 Å². The highest BCUT2D eigenvalue weighted by Gasteiger charge is 2.11. The van der Waals surface area contributed by atoms with Crippen molar-refractivity contribution in [3.05, 3.63) is 16.4 Å². The molecule has 2 heterocycles. The lowest BCUT2D eigenvalue weighted by molar-refractivity contribution is 0.243. The Morgan fingerprint density at radius 2 is 2.20 bits per heavy atom. The average Bonchev–Trinajstić information content (AvgIpc) is 2.56. The molecule has 0 radical (unpaired) electrons. The maximum absolute atomic E-state index is 4.42. The number of hydrogen-bond donors (Lipinski definition) is 1. The Labute approximate surface area is 98.8 Å². The lowest BCUT2D eigenvalue weighted by Crippen LogP contribution is -2.44. The summed E-state index contributed by atoms with van der Waals surface area (Å²) in [4.78, 5) is 2.48. The van der Waals surface area contributed by atoms with Crippen molar-refractivity contribution in [2.24, 2.45) is 7.05 Å². The molecule has 2 rings (SSSR count). The lowest BCUT2D eigenvalue weighted by Gasteiger charge is -2.26. The van der Waals surface area contributed by atoms with Crippen LogP contribution in [0.2, 0.25) is 0 Å². The molecule has 4 nitrogen and oxygen atoms in total. The predicted octanol–water partition coefficient (Wildman–Crippen LogP) is 0.630. The second kappa shape index (κ2) is 5.09. The molecule has 5 heteroatoms. The van der Waals surface area contributed by atoms with Gasteiger partial charge in [-0.15, -0.1) is 0 Å². The summed E-state index contributed by atoms with van der Waals surface area (Å²) in [5.41, 5.74) is 1.16. The van der Waals surface area contributed by atoms with E-state index >= 15 is 0 Å². The van der Waals surface area contributed by atoms with Crippen molar-refractivity contribution in [2.45, 2.75) is 6.42 Å². The zero-order valence-electron chi connectivity index (χ0n) is 9.04. The van der Waals surface area contributed by atoms with Gasteiger partial charge in [-0.3, -0.25) is 4.68 Å². The monoisotopic (exact) mass is 272 g/mol. The molecule has 1 aromatic heterocycles. The van der Waals surface area contributed by atoms with E-state index in [0.29, 0.717) is 0 Å². The number of nitrogens with zero attached hydrogens (tertiary/aromatic N) is 3. The molecule has 1 N–H and O–H groups in total. The molecule has 1 saturated heterocycles. The van der Waals surface area contributed by atoms with Crippen LogP contribution >= 0.6 is 15.9 Å². The van der Waals surface area contributed by atoms with E-state index < -0.39 is 0 Å². The number of aryl methyl sites for hydroxylation is 1. The first-order valence-electron chi connectivity index (χ1n) is 5.37. The quantitative estimate of drug-likeness (QED) is 0.877. The zero-order valence-corrected chi connectivity index (χ0v) is 10.6. The number of aromatic nitrogens is 2. The average molecular weight is 273 g/mol. The second-order valence-corrected chi connectivity index (χ2v) is 4.79. The van der Waals surface area contributed by atoms with Crippen LogP contribution < -0.4 is 5.32 Å². The van der Waals surface area contributed by atoms with E-state index in [1.54, 1.807) is 0 Å². The number of halogens is 1. The third kappa shape index (κ3) is 3.03. The highest BCUT2D eigenvalue weighted by molar-refractivity contribution is 9.10. The van der Waals surface area contributed by atoms with Crippen LogP contribution in [0.1, 0.15) is 5.69 Å². The van der Waals surface area contributed by atoms with Gasteiger partial charge in [0.25, 0.3) is 0 Å². The minimum Gasteiger partial charge on any atom is -0.314 e. The van der Waals surface area contributed by atoms with Gasteiger partial charge in [0.15, 0.2) is 0 Å². The minimum atomic E-state index is 1.03. The fraction of sp³-hybridized carbons (Fsp3) is 0.700. The van der Waals surface area contributed by atoms with Gasteiger partial charge in [-0.2, -0.15) is 5.10 Å². The Morgan fingerprint density at radius 3 is 2.80 bits per heavy atom. The number of nitrogens with one attached hydrogen (secondary N) is 1. The Hall–Kier alpha value is -0.390. The van der Waals surface area contributed by atoms with E-state index in [4.69, 9.17) is 0 Å². The molecule has 0 aromatic carbocycles. The van der Waals surface area contributed by atoms with E-state index in [1.165, 1.54) is 0 Å². The molecule has 1 aliphatic rings. The first kappa shape index (κ1) is 11.1. The molecule has 1 aliphatic heterocycles. The normalized spacial score (nSPS) is 18.3. The topological polar surface area (TPSA) is 33.1 Å². The van der Waals surface area contributed by atoms with Gasteiger partial charge >= 0.3 is 0 Å². The number of hydrogen-bond acceptors (Lipinski definition) is 3. The smallest absolute Gasteiger partial charge is 0.0779 e. The maximum Gasteiger partial charge on any atom is 0.0779 e. The van der Waals surface area contributed by atoms with E-state index in [1.807, 2.05) is 17.9 Å². The summed E-state index contributed by atoms with van der Waals surface area (Å²) in [6, 6.07) is 0. The summed E-state index contributed by atoms with van der Waals surface area (Å²) < 4.78 is 2.98. The molecular formula is C10H17BrN4. The number of piperazine rings is 1. The highest BCUT2D eigenvalue weighted by atomic mass is 79.9. The van der Waals surface area contributed by atoms with Crippen molar-refractivity contribution in [2.75, 3.05) is 32.7 Å². The van der Waals surface area contributed by atoms with E-state index in [9.17, 15) is 0 Å². The van der Waals surface area contributed by atoms with Crippen molar-refractivity contribution in [3.63, 3.8) is 0 Å². The minimum absolute atomic E-state index is 1.03. The standard InChI is InChI=1S/C10H17BrN4/c1-14-8-9(11)10(13-14)2-5-15-6-3-12-4-7-15/h8,12H,2-7H2,1H3. The third-order valence-electron chi connectivity index (χ3n) is 2.73. The Balaban J connectivity index is 1.84. The van der Waals surface area contributed by atoms with Gasteiger partial charge in [0, 0.05) is 52.4 Å². The predicted molar refractivity (Wildman–Crippen MR) is 63.9 cm³/mol. The zero-order chi connectivity index (χ0) is 10.7. The Kier molecular flexibility index (Phi) is 3.77. The first-order valence-corrected chi connectivity index (χ1v) is 6.16. The fourth-order valence-electron chi connectivity index (χ4n) is 1.87. The van der Waals surface area contributed by atoms with Crippen LogP contribution in [0.5, 0.6) is 0 Å². The van der Waals surface area contributed by atoms with Crippen molar-refractivity contribution < 1.29 is 0 Å². The van der Waals surface area contributed by atoms with Crippen LogP contribution in [-0.4, -0.2) is 47.4 Å². The summed E-state index contributed by atoms with van der Waals surface area (Å²) in [5.74, 6) is 0. The molecular weight excluding hydrogens is 256 g/mol. The molecule has 0 bridgehead atoms. The van der Waals surface area contributed by atoms with Gasteiger partial charge in [-0.05, 0) is 15.9 Å². The lowest BCUT2D eigenvalue weighted by atomic mass is 10.2. The van der Waals surface area contributed by atoms with Gasteiger partial charge in [0.1, 0.15) is 0 Å². The fourth-order valence-corrected chi connectivity index (χ4v) is 2.45. The largest absolute Gasteiger partial charge is 0.314 e. The molecule has 0 amide bonds. The summed E-state index contributed by atoms with van der Waals surface area (Å²) in [7, 11) is 1.96. The van der Waals surface area contributed by atoms with Crippen LogP contribution in [0.4, 0.5) is 0 Å². The molecule has 1 aromatic rings. The van der Waals surface area contributed by atoms with Crippen molar-refractivity contribution in [1.82, 2.24) is 20.0 Å². The van der Waals surface area contributed by atoms with Crippen molar-refractivity contribution in [3.8, 4) is 0 Å². The van der Waals surface area contributed by atoms with Crippen molar-refractivity contribution in [1.29, 1.82) is 0 Å². The van der Waals surface area contributed by atoms with E-state index in [0.717, 1.165) is 49.3 Å². The summed E-state index contributed by atoms with van der Waals surface area (Å²) >= 11 is 3.53. The van der Waals surface area contributed by atoms with Crippen LogP contribution in [0.3, 0.4) is 0 Å². The molecule has 15 heavy (non-hydrogen) atoms. The molecule has 0 aliphatic carbocycles. The van der Waals surface area contributed by atoms with E-state index in [2.05, 4.69) is 31.2 Å². The number of rotatable bonds is 3.